The molecule has 144 valence electrons. The van der Waals surface area contributed by atoms with Gasteiger partial charge < -0.3 is 20.3 Å². The van der Waals surface area contributed by atoms with E-state index in [0.717, 1.165) is 23.5 Å². The second-order valence-corrected chi connectivity index (χ2v) is 6.70. The lowest BCUT2D eigenvalue weighted by Gasteiger charge is -2.13. The van der Waals surface area contributed by atoms with Crippen LogP contribution in [0.5, 0.6) is 5.75 Å². The van der Waals surface area contributed by atoms with Gasteiger partial charge in [-0.15, -0.1) is 5.10 Å². The minimum Gasteiger partial charge on any atom is -0.492 e. The standard InChI is InChI=1S/C20H22N6O2/c1-25(2)20-22-13-26(24-20)15-6-3-5-14(11-15)23-19(27)16-7-4-8-18-17(16)12-21-9-10-28-18/h3-8,11,13,21H,9-10,12H2,1-2H3,(H,23,27). The summed E-state index contributed by atoms with van der Waals surface area (Å²) in [6.45, 7) is 1.95. The molecule has 0 unspecified atom stereocenters. The molecule has 0 fully saturated rings. The maximum atomic E-state index is 12.9. The van der Waals surface area contributed by atoms with E-state index >= 15 is 0 Å². The highest BCUT2D eigenvalue weighted by Crippen LogP contribution is 2.25. The zero-order chi connectivity index (χ0) is 19.5. The summed E-state index contributed by atoms with van der Waals surface area (Å²) in [7, 11) is 3.77. The summed E-state index contributed by atoms with van der Waals surface area (Å²) in [5, 5.41) is 10.7. The molecule has 1 aromatic heterocycles. The van der Waals surface area contributed by atoms with Crippen molar-refractivity contribution in [1.82, 2.24) is 20.1 Å². The van der Waals surface area contributed by atoms with Gasteiger partial charge in [-0.05, 0) is 30.3 Å². The van der Waals surface area contributed by atoms with E-state index in [1.54, 1.807) is 11.0 Å². The van der Waals surface area contributed by atoms with Crippen LogP contribution in [0.25, 0.3) is 5.69 Å². The summed E-state index contributed by atoms with van der Waals surface area (Å²) < 4.78 is 7.40. The van der Waals surface area contributed by atoms with Crippen LogP contribution in [0.2, 0.25) is 0 Å². The van der Waals surface area contributed by atoms with Crippen molar-refractivity contribution in [3.63, 3.8) is 0 Å². The first-order valence-corrected chi connectivity index (χ1v) is 9.08. The highest BCUT2D eigenvalue weighted by molar-refractivity contribution is 6.05. The van der Waals surface area contributed by atoms with Gasteiger partial charge in [0.1, 0.15) is 18.7 Å². The quantitative estimate of drug-likeness (QED) is 0.723. The molecule has 2 aromatic carbocycles. The van der Waals surface area contributed by atoms with E-state index < -0.39 is 0 Å². The number of anilines is 2. The van der Waals surface area contributed by atoms with Gasteiger partial charge >= 0.3 is 0 Å². The summed E-state index contributed by atoms with van der Waals surface area (Å²) in [5.41, 5.74) is 2.98. The summed E-state index contributed by atoms with van der Waals surface area (Å²) in [4.78, 5) is 19.0. The average Bonchev–Trinajstić information content (AvgIpc) is 3.07. The lowest BCUT2D eigenvalue weighted by atomic mass is 10.1. The number of ether oxygens (including phenoxy) is 1. The predicted molar refractivity (Wildman–Crippen MR) is 107 cm³/mol. The van der Waals surface area contributed by atoms with Crippen molar-refractivity contribution >= 4 is 17.5 Å². The van der Waals surface area contributed by atoms with Gasteiger partial charge in [0.05, 0.1) is 5.69 Å². The third-order valence-electron chi connectivity index (χ3n) is 4.46. The number of nitrogens with zero attached hydrogens (tertiary/aromatic N) is 4. The Morgan fingerprint density at radius 3 is 2.93 bits per heavy atom. The van der Waals surface area contributed by atoms with Crippen molar-refractivity contribution in [2.24, 2.45) is 0 Å². The molecule has 1 aliphatic heterocycles. The smallest absolute Gasteiger partial charge is 0.256 e. The van der Waals surface area contributed by atoms with E-state index in [1.165, 1.54) is 0 Å². The van der Waals surface area contributed by atoms with Crippen molar-refractivity contribution in [3.8, 4) is 11.4 Å². The molecule has 28 heavy (non-hydrogen) atoms. The van der Waals surface area contributed by atoms with Gasteiger partial charge in [0.15, 0.2) is 0 Å². The molecule has 3 aromatic rings. The number of nitrogens with one attached hydrogen (secondary N) is 2. The van der Waals surface area contributed by atoms with Crippen molar-refractivity contribution in [2.45, 2.75) is 6.54 Å². The van der Waals surface area contributed by atoms with Gasteiger partial charge in [0.2, 0.25) is 5.95 Å². The molecule has 2 heterocycles. The van der Waals surface area contributed by atoms with Gasteiger partial charge in [0.25, 0.3) is 5.91 Å². The monoisotopic (exact) mass is 378 g/mol. The predicted octanol–water partition coefficient (Wildman–Crippen LogP) is 2.07. The van der Waals surface area contributed by atoms with Gasteiger partial charge in [-0.3, -0.25) is 4.79 Å². The molecule has 2 N–H and O–H groups in total. The Morgan fingerprint density at radius 1 is 1.25 bits per heavy atom. The topological polar surface area (TPSA) is 84.3 Å². The third kappa shape index (κ3) is 3.67. The number of carbonyl (C=O) groups excluding carboxylic acids is 1. The minimum atomic E-state index is -0.172. The van der Waals surface area contributed by atoms with E-state index in [9.17, 15) is 4.79 Å². The Labute approximate surface area is 163 Å². The normalized spacial score (nSPS) is 13.2. The maximum absolute atomic E-state index is 12.9. The van der Waals surface area contributed by atoms with Gasteiger partial charge in [-0.2, -0.15) is 4.98 Å². The Hall–Kier alpha value is -3.39. The molecule has 0 atom stereocenters. The molecule has 0 radical (unpaired) electrons. The van der Waals surface area contributed by atoms with Gasteiger partial charge in [-0.1, -0.05) is 12.1 Å². The Kier molecular flexibility index (Phi) is 4.94. The van der Waals surface area contributed by atoms with Crippen molar-refractivity contribution in [3.05, 3.63) is 59.9 Å². The van der Waals surface area contributed by atoms with E-state index in [4.69, 9.17) is 4.74 Å². The fourth-order valence-corrected chi connectivity index (χ4v) is 3.05. The lowest BCUT2D eigenvalue weighted by Crippen LogP contribution is -2.19. The molecule has 8 heteroatoms. The maximum Gasteiger partial charge on any atom is 0.256 e. The molecule has 0 saturated heterocycles. The molecular weight excluding hydrogens is 356 g/mol. The lowest BCUT2D eigenvalue weighted by molar-refractivity contribution is 0.102. The van der Waals surface area contributed by atoms with E-state index in [2.05, 4.69) is 20.7 Å². The molecule has 0 aliphatic carbocycles. The highest BCUT2D eigenvalue weighted by atomic mass is 16.5. The first kappa shape index (κ1) is 18.0. The van der Waals surface area contributed by atoms with Crippen molar-refractivity contribution < 1.29 is 9.53 Å². The number of fused-ring (bicyclic) bond motifs is 1. The largest absolute Gasteiger partial charge is 0.492 e. The van der Waals surface area contributed by atoms with E-state index in [0.29, 0.717) is 30.4 Å². The van der Waals surface area contributed by atoms with Crippen LogP contribution in [-0.4, -0.2) is 47.9 Å². The van der Waals surface area contributed by atoms with Crippen LogP contribution in [0.15, 0.2) is 48.8 Å². The summed E-state index contributed by atoms with van der Waals surface area (Å²) >= 11 is 0. The first-order chi connectivity index (χ1) is 13.6. The van der Waals surface area contributed by atoms with Crippen LogP contribution in [0.3, 0.4) is 0 Å². The van der Waals surface area contributed by atoms with Crippen LogP contribution in [0, 0.1) is 0 Å². The number of rotatable bonds is 4. The van der Waals surface area contributed by atoms with Crippen LogP contribution in [-0.2, 0) is 6.54 Å². The molecule has 1 aliphatic rings. The third-order valence-corrected chi connectivity index (χ3v) is 4.46. The van der Waals surface area contributed by atoms with Crippen LogP contribution in [0.1, 0.15) is 15.9 Å². The number of hydrogen-bond donors (Lipinski definition) is 2. The Balaban J connectivity index is 1.57. The number of hydrogen-bond acceptors (Lipinski definition) is 6. The molecule has 8 nitrogen and oxygen atoms in total. The SMILES string of the molecule is CN(C)c1ncn(-c2cccc(NC(=O)c3cccc4c3CNCCO4)c2)n1. The summed E-state index contributed by atoms with van der Waals surface area (Å²) in [5.74, 6) is 1.20. The number of amides is 1. The first-order valence-electron chi connectivity index (χ1n) is 9.08. The molecule has 0 spiro atoms. The average molecular weight is 378 g/mol. The molecule has 0 saturated carbocycles. The second kappa shape index (κ2) is 7.69. The number of carbonyl (C=O) groups is 1. The highest BCUT2D eigenvalue weighted by Gasteiger charge is 2.18. The number of aromatic nitrogens is 3. The van der Waals surface area contributed by atoms with Crippen LogP contribution in [0.4, 0.5) is 11.6 Å². The number of benzene rings is 2. The molecule has 1 amide bonds. The van der Waals surface area contributed by atoms with Gasteiger partial charge in [-0.25, -0.2) is 4.68 Å². The Bertz CT molecular complexity index is 998. The zero-order valence-corrected chi connectivity index (χ0v) is 15.8. The van der Waals surface area contributed by atoms with Gasteiger partial charge in [0, 0.05) is 44.0 Å². The molecule has 4 rings (SSSR count). The zero-order valence-electron chi connectivity index (χ0n) is 15.8. The van der Waals surface area contributed by atoms with Crippen molar-refractivity contribution in [1.29, 1.82) is 0 Å². The van der Waals surface area contributed by atoms with Crippen molar-refractivity contribution in [2.75, 3.05) is 37.5 Å². The fraction of sp³-hybridized carbons (Fsp3) is 0.250. The molecular formula is C20H22N6O2. The van der Waals surface area contributed by atoms with E-state index in [1.807, 2.05) is 61.5 Å². The second-order valence-electron chi connectivity index (χ2n) is 6.70. The summed E-state index contributed by atoms with van der Waals surface area (Å²) in [6, 6.07) is 13.0. The molecule has 0 bridgehead atoms. The van der Waals surface area contributed by atoms with Crippen LogP contribution < -0.4 is 20.3 Å². The van der Waals surface area contributed by atoms with Crippen LogP contribution >= 0.6 is 0 Å². The van der Waals surface area contributed by atoms with E-state index in [-0.39, 0.29) is 5.91 Å². The fourth-order valence-electron chi connectivity index (χ4n) is 3.05. The summed E-state index contributed by atoms with van der Waals surface area (Å²) in [6.07, 6.45) is 1.65. The Morgan fingerprint density at radius 2 is 2.11 bits per heavy atom. The minimum absolute atomic E-state index is 0.172.